The van der Waals surface area contributed by atoms with Gasteiger partial charge in [0.05, 0.1) is 6.61 Å². The van der Waals surface area contributed by atoms with Crippen LogP contribution in [0.4, 0.5) is 9.18 Å². The lowest BCUT2D eigenvalue weighted by molar-refractivity contribution is -0.116. The normalized spacial score (nSPS) is 12.2. The molecule has 0 saturated carbocycles. The number of ether oxygens (including phenoxy) is 1. The molecular formula is C18H25FN2O3. The summed E-state index contributed by atoms with van der Waals surface area (Å²) in [6, 6.07) is 5.98. The van der Waals surface area contributed by atoms with Gasteiger partial charge < -0.3 is 15.4 Å². The van der Waals surface area contributed by atoms with Crippen LogP contribution in [-0.2, 0) is 9.53 Å². The maximum Gasteiger partial charge on any atom is 0.407 e. The first-order valence-corrected chi connectivity index (χ1v) is 8.06. The van der Waals surface area contributed by atoms with Crippen molar-refractivity contribution in [1.29, 1.82) is 0 Å². The maximum absolute atomic E-state index is 13.5. The second-order valence-corrected chi connectivity index (χ2v) is 5.79. The summed E-state index contributed by atoms with van der Waals surface area (Å²) < 4.78 is 18.3. The van der Waals surface area contributed by atoms with Crippen LogP contribution in [0.3, 0.4) is 0 Å². The predicted molar refractivity (Wildman–Crippen MR) is 91.8 cm³/mol. The molecule has 0 aliphatic heterocycles. The smallest absolute Gasteiger partial charge is 0.407 e. The molecule has 1 aromatic carbocycles. The van der Waals surface area contributed by atoms with Crippen molar-refractivity contribution in [2.24, 2.45) is 5.92 Å². The van der Waals surface area contributed by atoms with E-state index in [1.165, 1.54) is 18.2 Å². The highest BCUT2D eigenvalue weighted by atomic mass is 19.1. The Bertz CT molecular complexity index is 573. The molecule has 0 heterocycles. The molecule has 2 amide bonds. The summed E-state index contributed by atoms with van der Waals surface area (Å²) in [6.07, 6.45) is 2.89. The summed E-state index contributed by atoms with van der Waals surface area (Å²) in [4.78, 5) is 23.4. The maximum atomic E-state index is 13.5. The zero-order chi connectivity index (χ0) is 17.9. The van der Waals surface area contributed by atoms with Gasteiger partial charge in [0.15, 0.2) is 0 Å². The van der Waals surface area contributed by atoms with Gasteiger partial charge in [0.1, 0.15) is 5.82 Å². The molecule has 0 aliphatic rings. The van der Waals surface area contributed by atoms with Gasteiger partial charge in [-0.25, -0.2) is 9.18 Å². The number of carbonyl (C=O) groups excluding carboxylic acids is 2. The largest absolute Gasteiger partial charge is 0.450 e. The molecule has 24 heavy (non-hydrogen) atoms. The Hall–Kier alpha value is -2.37. The average Bonchev–Trinajstić information content (AvgIpc) is 2.51. The molecule has 0 aliphatic carbocycles. The fourth-order valence-corrected chi connectivity index (χ4v) is 2.16. The molecule has 1 atom stereocenters. The van der Waals surface area contributed by atoms with Crippen molar-refractivity contribution in [3.8, 4) is 0 Å². The fourth-order valence-electron chi connectivity index (χ4n) is 2.16. The second kappa shape index (κ2) is 10.4. The highest BCUT2D eigenvalue weighted by Gasteiger charge is 2.15. The van der Waals surface area contributed by atoms with Gasteiger partial charge in [0, 0.05) is 24.2 Å². The number of halogens is 1. The van der Waals surface area contributed by atoms with Crippen LogP contribution >= 0.6 is 0 Å². The van der Waals surface area contributed by atoms with Gasteiger partial charge in [0.2, 0.25) is 5.91 Å². The molecule has 0 saturated heterocycles. The summed E-state index contributed by atoms with van der Waals surface area (Å²) >= 11 is 0. The zero-order valence-corrected chi connectivity index (χ0v) is 14.3. The molecule has 5 nitrogen and oxygen atoms in total. The first-order valence-electron chi connectivity index (χ1n) is 8.06. The van der Waals surface area contributed by atoms with E-state index >= 15 is 0 Å². The van der Waals surface area contributed by atoms with E-state index in [1.54, 1.807) is 25.1 Å². The van der Waals surface area contributed by atoms with Crippen molar-refractivity contribution in [2.75, 3.05) is 13.2 Å². The molecule has 2 N–H and O–H groups in total. The number of carbonyl (C=O) groups is 2. The number of nitrogens with one attached hydrogen (secondary N) is 2. The zero-order valence-electron chi connectivity index (χ0n) is 14.3. The summed E-state index contributed by atoms with van der Waals surface area (Å²) in [5.41, 5.74) is 0.344. The molecule has 6 heteroatoms. The third-order valence-corrected chi connectivity index (χ3v) is 3.20. The van der Waals surface area contributed by atoms with Crippen molar-refractivity contribution < 1.29 is 18.7 Å². The Labute approximate surface area is 142 Å². The first kappa shape index (κ1) is 19.7. The summed E-state index contributed by atoms with van der Waals surface area (Å²) in [6.45, 7) is 6.35. The van der Waals surface area contributed by atoms with E-state index in [9.17, 15) is 14.0 Å². The minimum atomic E-state index is -0.501. The number of alkyl carbamates (subject to hydrolysis) is 1. The van der Waals surface area contributed by atoms with Gasteiger partial charge in [-0.05, 0) is 31.4 Å². The summed E-state index contributed by atoms with van der Waals surface area (Å²) in [7, 11) is 0. The standard InChI is InChI=1S/C18H25FN2O3/c1-4-24-18(23)21-15(11-13(2)3)12-20-17(22)10-9-14-7-5-6-8-16(14)19/h5-10,13,15H,4,11-12H2,1-3H3,(H,20,22)(H,21,23). The topological polar surface area (TPSA) is 67.4 Å². The molecule has 1 unspecified atom stereocenters. The lowest BCUT2D eigenvalue weighted by Crippen LogP contribution is -2.44. The highest BCUT2D eigenvalue weighted by Crippen LogP contribution is 2.08. The van der Waals surface area contributed by atoms with Crippen LogP contribution < -0.4 is 10.6 Å². The number of rotatable bonds is 8. The Balaban J connectivity index is 2.54. The van der Waals surface area contributed by atoms with Crippen LogP contribution in [0.5, 0.6) is 0 Å². The molecule has 0 fully saturated rings. The lowest BCUT2D eigenvalue weighted by Gasteiger charge is -2.20. The first-order chi connectivity index (χ1) is 11.4. The van der Waals surface area contributed by atoms with E-state index in [0.29, 0.717) is 17.9 Å². The second-order valence-electron chi connectivity index (χ2n) is 5.79. The highest BCUT2D eigenvalue weighted by molar-refractivity contribution is 5.91. The van der Waals surface area contributed by atoms with Crippen LogP contribution in [-0.4, -0.2) is 31.2 Å². The van der Waals surface area contributed by atoms with Crippen molar-refractivity contribution in [3.05, 3.63) is 41.7 Å². The van der Waals surface area contributed by atoms with E-state index in [2.05, 4.69) is 10.6 Å². The van der Waals surface area contributed by atoms with Gasteiger partial charge >= 0.3 is 6.09 Å². The number of benzene rings is 1. The SMILES string of the molecule is CCOC(=O)NC(CNC(=O)C=Cc1ccccc1F)CC(C)C. The molecule has 0 spiro atoms. The van der Waals surface area contributed by atoms with Crippen LogP contribution in [0, 0.1) is 11.7 Å². The quantitative estimate of drug-likeness (QED) is 0.717. The molecule has 0 aromatic heterocycles. The fraction of sp³-hybridized carbons (Fsp3) is 0.444. The van der Waals surface area contributed by atoms with E-state index in [-0.39, 0.29) is 30.9 Å². The van der Waals surface area contributed by atoms with Crippen molar-refractivity contribution in [2.45, 2.75) is 33.2 Å². The Morgan fingerprint density at radius 2 is 2.00 bits per heavy atom. The molecular weight excluding hydrogens is 311 g/mol. The summed E-state index contributed by atoms with van der Waals surface area (Å²) in [5.74, 6) is -0.385. The van der Waals surface area contributed by atoms with Crippen molar-refractivity contribution in [1.82, 2.24) is 10.6 Å². The van der Waals surface area contributed by atoms with Gasteiger partial charge in [-0.2, -0.15) is 0 Å². The van der Waals surface area contributed by atoms with Crippen LogP contribution in [0.15, 0.2) is 30.3 Å². The van der Waals surface area contributed by atoms with Gasteiger partial charge in [-0.1, -0.05) is 32.0 Å². The molecule has 132 valence electrons. The Kier molecular flexibility index (Phi) is 8.54. The van der Waals surface area contributed by atoms with E-state index in [4.69, 9.17) is 4.74 Å². The third kappa shape index (κ3) is 7.76. The minimum Gasteiger partial charge on any atom is -0.450 e. The Morgan fingerprint density at radius 3 is 2.62 bits per heavy atom. The monoisotopic (exact) mass is 336 g/mol. The number of hydrogen-bond acceptors (Lipinski definition) is 3. The van der Waals surface area contributed by atoms with Gasteiger partial charge in [-0.15, -0.1) is 0 Å². The average molecular weight is 336 g/mol. The van der Waals surface area contributed by atoms with Crippen molar-refractivity contribution >= 4 is 18.1 Å². The summed E-state index contributed by atoms with van der Waals surface area (Å²) in [5, 5.41) is 5.43. The molecule has 0 radical (unpaired) electrons. The molecule has 1 aromatic rings. The van der Waals surface area contributed by atoms with Crippen molar-refractivity contribution in [3.63, 3.8) is 0 Å². The third-order valence-electron chi connectivity index (χ3n) is 3.20. The minimum absolute atomic E-state index is 0.227. The Morgan fingerprint density at radius 1 is 1.29 bits per heavy atom. The number of amides is 2. The predicted octanol–water partition coefficient (Wildman–Crippen LogP) is 3.12. The molecule has 1 rings (SSSR count). The lowest BCUT2D eigenvalue weighted by atomic mass is 10.0. The van der Waals surface area contributed by atoms with E-state index < -0.39 is 6.09 Å². The van der Waals surface area contributed by atoms with Gasteiger partial charge in [0.25, 0.3) is 0 Å². The van der Waals surface area contributed by atoms with E-state index in [1.807, 2.05) is 13.8 Å². The van der Waals surface area contributed by atoms with Crippen LogP contribution in [0.1, 0.15) is 32.8 Å². The van der Waals surface area contributed by atoms with Crippen LogP contribution in [0.25, 0.3) is 6.08 Å². The molecule has 0 bridgehead atoms. The van der Waals surface area contributed by atoms with Gasteiger partial charge in [-0.3, -0.25) is 4.79 Å². The van der Waals surface area contributed by atoms with Crippen LogP contribution in [0.2, 0.25) is 0 Å². The number of hydrogen-bond donors (Lipinski definition) is 2. The van der Waals surface area contributed by atoms with E-state index in [0.717, 1.165) is 0 Å².